The van der Waals surface area contributed by atoms with Crippen molar-refractivity contribution in [3.63, 3.8) is 0 Å². The Labute approximate surface area is 172 Å². The predicted molar refractivity (Wildman–Crippen MR) is 123 cm³/mol. The zero-order chi connectivity index (χ0) is 19.9. The Hall–Kier alpha value is -1.25. The minimum absolute atomic E-state index is 0.792. The molecule has 0 aliphatic carbocycles. The molecule has 1 aromatic carbocycles. The molecule has 0 saturated heterocycles. The van der Waals surface area contributed by atoms with Gasteiger partial charge in [-0.3, -0.25) is 0 Å². The summed E-state index contributed by atoms with van der Waals surface area (Å²) in [5, 5.41) is 0. The van der Waals surface area contributed by atoms with Gasteiger partial charge < -0.3 is 4.74 Å². The Kier molecular flexibility index (Phi) is 13.0. The van der Waals surface area contributed by atoms with E-state index in [9.17, 15) is 0 Å². The van der Waals surface area contributed by atoms with Crippen molar-refractivity contribution >= 4 is 11.8 Å². The molecule has 0 N–H and O–H groups in total. The average molecular weight is 387 g/mol. The molecule has 0 aliphatic rings. The van der Waals surface area contributed by atoms with E-state index in [1.165, 1.54) is 40.0 Å². The standard InChI is InChI=1S/C25H38OS/c1-6-26-19-17-24-15-7-8-16-25(24)27-20-18-23(5)14-10-13-22(4)12-9-11-21(2)3/h7-8,11,13,15-16,18H,6,9-10,12,14,17,19-20H2,1-5H3/b22-13+,23-18+. The van der Waals surface area contributed by atoms with E-state index in [1.807, 2.05) is 18.7 Å². The Morgan fingerprint density at radius 2 is 1.59 bits per heavy atom. The first-order chi connectivity index (χ1) is 13.0. The van der Waals surface area contributed by atoms with Crippen LogP contribution in [0, 0.1) is 0 Å². The zero-order valence-corrected chi connectivity index (χ0v) is 18.8. The minimum Gasteiger partial charge on any atom is -0.381 e. The Balaban J connectivity index is 2.37. The summed E-state index contributed by atoms with van der Waals surface area (Å²) in [5.41, 5.74) is 5.82. The molecule has 0 heterocycles. The maximum Gasteiger partial charge on any atom is 0.0506 e. The van der Waals surface area contributed by atoms with Crippen molar-refractivity contribution in [3.05, 3.63) is 64.8 Å². The summed E-state index contributed by atoms with van der Waals surface area (Å²) in [7, 11) is 0. The van der Waals surface area contributed by atoms with Crippen LogP contribution in [-0.2, 0) is 11.2 Å². The van der Waals surface area contributed by atoms with Gasteiger partial charge in [-0.25, -0.2) is 0 Å². The van der Waals surface area contributed by atoms with E-state index in [0.29, 0.717) is 0 Å². The van der Waals surface area contributed by atoms with Crippen molar-refractivity contribution in [2.75, 3.05) is 19.0 Å². The monoisotopic (exact) mass is 386 g/mol. The second-order valence-corrected chi connectivity index (χ2v) is 8.39. The van der Waals surface area contributed by atoms with E-state index in [4.69, 9.17) is 4.74 Å². The fraction of sp³-hybridized carbons (Fsp3) is 0.520. The van der Waals surface area contributed by atoms with Crippen LogP contribution in [0.15, 0.2) is 64.1 Å². The smallest absolute Gasteiger partial charge is 0.0506 e. The number of ether oxygens (including phenoxy) is 1. The number of rotatable bonds is 13. The van der Waals surface area contributed by atoms with Gasteiger partial charge >= 0.3 is 0 Å². The maximum absolute atomic E-state index is 5.50. The predicted octanol–water partition coefficient (Wildman–Crippen LogP) is 7.78. The van der Waals surface area contributed by atoms with Gasteiger partial charge in [0.2, 0.25) is 0 Å². The SMILES string of the molecule is CCOCCc1ccccc1SC/C=C(\C)CC/C=C(\C)CCC=C(C)C. The van der Waals surface area contributed by atoms with E-state index < -0.39 is 0 Å². The molecule has 0 unspecified atom stereocenters. The molecule has 0 aliphatic heterocycles. The van der Waals surface area contributed by atoms with Crippen LogP contribution in [0.25, 0.3) is 0 Å². The highest BCUT2D eigenvalue weighted by molar-refractivity contribution is 7.99. The molecule has 1 nitrogen and oxygen atoms in total. The lowest BCUT2D eigenvalue weighted by Gasteiger charge is -2.08. The lowest BCUT2D eigenvalue weighted by molar-refractivity contribution is 0.150. The molecule has 1 rings (SSSR count). The molecule has 150 valence electrons. The Morgan fingerprint density at radius 1 is 0.926 bits per heavy atom. The van der Waals surface area contributed by atoms with Gasteiger partial charge in [0.1, 0.15) is 0 Å². The number of hydrogen-bond acceptors (Lipinski definition) is 2. The molecule has 0 aromatic heterocycles. The Morgan fingerprint density at radius 3 is 2.30 bits per heavy atom. The third-order valence-corrected chi connectivity index (χ3v) is 5.53. The second-order valence-electron chi connectivity index (χ2n) is 7.33. The maximum atomic E-state index is 5.50. The van der Waals surface area contributed by atoms with E-state index >= 15 is 0 Å². The van der Waals surface area contributed by atoms with Crippen molar-refractivity contribution in [1.82, 2.24) is 0 Å². The summed E-state index contributed by atoms with van der Waals surface area (Å²) >= 11 is 1.93. The van der Waals surface area contributed by atoms with Gasteiger partial charge in [-0.2, -0.15) is 0 Å². The molecule has 0 fully saturated rings. The van der Waals surface area contributed by atoms with E-state index in [0.717, 1.165) is 38.2 Å². The first-order valence-corrected chi connectivity index (χ1v) is 11.2. The molecule has 0 radical (unpaired) electrons. The highest BCUT2D eigenvalue weighted by Gasteiger charge is 2.02. The molecule has 0 atom stereocenters. The van der Waals surface area contributed by atoms with Crippen LogP contribution in [0.3, 0.4) is 0 Å². The lowest BCUT2D eigenvalue weighted by Crippen LogP contribution is -1.99. The van der Waals surface area contributed by atoms with Crippen molar-refractivity contribution < 1.29 is 4.74 Å². The molecular formula is C25H38OS. The molecule has 0 spiro atoms. The summed E-state index contributed by atoms with van der Waals surface area (Å²) in [6.07, 6.45) is 12.8. The first kappa shape index (κ1) is 23.8. The summed E-state index contributed by atoms with van der Waals surface area (Å²) in [4.78, 5) is 1.39. The normalized spacial score (nSPS) is 12.3. The Bertz CT molecular complexity index is 621. The second kappa shape index (κ2) is 14.8. The minimum atomic E-state index is 0.792. The molecule has 1 aromatic rings. The van der Waals surface area contributed by atoms with Crippen LogP contribution in [0.1, 0.15) is 65.9 Å². The van der Waals surface area contributed by atoms with E-state index in [-0.39, 0.29) is 0 Å². The van der Waals surface area contributed by atoms with Gasteiger partial charge in [0, 0.05) is 17.3 Å². The van der Waals surface area contributed by atoms with Crippen LogP contribution in [0.4, 0.5) is 0 Å². The van der Waals surface area contributed by atoms with Crippen molar-refractivity contribution in [1.29, 1.82) is 0 Å². The number of hydrogen-bond donors (Lipinski definition) is 0. The number of allylic oxidation sites excluding steroid dienone is 5. The number of thioether (sulfide) groups is 1. The van der Waals surface area contributed by atoms with Gasteiger partial charge in [-0.15, -0.1) is 11.8 Å². The largest absolute Gasteiger partial charge is 0.381 e. The summed E-state index contributed by atoms with van der Waals surface area (Å²) in [5.74, 6) is 1.04. The van der Waals surface area contributed by atoms with Gasteiger partial charge in [-0.1, -0.05) is 53.1 Å². The number of benzene rings is 1. The molecule has 0 amide bonds. The third kappa shape index (κ3) is 11.9. The van der Waals surface area contributed by atoms with Crippen LogP contribution < -0.4 is 0 Å². The van der Waals surface area contributed by atoms with Crippen LogP contribution in [0.5, 0.6) is 0 Å². The van der Waals surface area contributed by atoms with Gasteiger partial charge in [0.25, 0.3) is 0 Å². The van der Waals surface area contributed by atoms with Crippen LogP contribution >= 0.6 is 11.8 Å². The highest BCUT2D eigenvalue weighted by atomic mass is 32.2. The van der Waals surface area contributed by atoms with E-state index in [1.54, 1.807) is 0 Å². The van der Waals surface area contributed by atoms with Crippen LogP contribution in [-0.4, -0.2) is 19.0 Å². The quantitative estimate of drug-likeness (QED) is 0.194. The van der Waals surface area contributed by atoms with Gasteiger partial charge in [0.15, 0.2) is 0 Å². The topological polar surface area (TPSA) is 9.23 Å². The van der Waals surface area contributed by atoms with Gasteiger partial charge in [0.05, 0.1) is 6.61 Å². The molecule has 0 saturated carbocycles. The van der Waals surface area contributed by atoms with Gasteiger partial charge in [-0.05, 0) is 78.4 Å². The third-order valence-electron chi connectivity index (χ3n) is 4.49. The zero-order valence-electron chi connectivity index (χ0n) is 18.0. The summed E-state index contributed by atoms with van der Waals surface area (Å²) in [6.45, 7) is 12.5. The lowest BCUT2D eigenvalue weighted by atomic mass is 10.1. The fourth-order valence-corrected chi connectivity index (χ4v) is 3.87. The molecule has 2 heteroatoms. The van der Waals surface area contributed by atoms with Crippen LogP contribution in [0.2, 0.25) is 0 Å². The van der Waals surface area contributed by atoms with Crippen molar-refractivity contribution in [2.45, 2.75) is 71.6 Å². The highest BCUT2D eigenvalue weighted by Crippen LogP contribution is 2.24. The molecular weight excluding hydrogens is 348 g/mol. The summed E-state index contributed by atoms with van der Waals surface area (Å²) in [6, 6.07) is 8.71. The fourth-order valence-electron chi connectivity index (χ4n) is 2.79. The average Bonchev–Trinajstić information content (AvgIpc) is 2.63. The van der Waals surface area contributed by atoms with Crippen molar-refractivity contribution in [2.24, 2.45) is 0 Å². The first-order valence-electron chi connectivity index (χ1n) is 10.3. The van der Waals surface area contributed by atoms with E-state index in [2.05, 4.69) is 70.2 Å². The van der Waals surface area contributed by atoms with Crippen molar-refractivity contribution in [3.8, 4) is 0 Å². The molecule has 0 bridgehead atoms. The molecule has 27 heavy (non-hydrogen) atoms. The summed E-state index contributed by atoms with van der Waals surface area (Å²) < 4.78 is 5.50.